The number of nitrogens with one attached hydrogen (secondary N) is 1. The molecule has 0 fully saturated rings. The van der Waals surface area contributed by atoms with Crippen LogP contribution in [0.1, 0.15) is 4.88 Å². The second kappa shape index (κ2) is 5.86. The van der Waals surface area contributed by atoms with Gasteiger partial charge in [0.1, 0.15) is 6.07 Å². The molecule has 2 rings (SSSR count). The molecule has 0 aliphatic carbocycles. The van der Waals surface area contributed by atoms with Crippen LogP contribution in [0.25, 0.3) is 16.0 Å². The van der Waals surface area contributed by atoms with Crippen LogP contribution in [-0.4, -0.2) is 7.05 Å². The van der Waals surface area contributed by atoms with E-state index in [4.69, 9.17) is 10.5 Å². The van der Waals surface area contributed by atoms with Crippen molar-refractivity contribution >= 4 is 22.6 Å². The molecule has 0 amide bonds. The molecule has 0 bridgehead atoms. The van der Waals surface area contributed by atoms with Crippen LogP contribution in [0.15, 0.2) is 42.5 Å². The molecule has 0 saturated carbocycles. The molecule has 0 spiro atoms. The van der Waals surface area contributed by atoms with Gasteiger partial charge in [-0.25, -0.2) is 0 Å². The first-order valence-electron chi connectivity index (χ1n) is 5.67. The Hall–Kier alpha value is -2.56. The second-order valence-corrected chi connectivity index (χ2v) is 4.82. The highest BCUT2D eigenvalue weighted by atomic mass is 32.1. The molecule has 1 N–H and O–H groups in total. The Balaban J connectivity index is 2.54. The highest BCUT2D eigenvalue weighted by Crippen LogP contribution is 2.38. The summed E-state index contributed by atoms with van der Waals surface area (Å²) in [4.78, 5) is 1.87. The van der Waals surface area contributed by atoms with Crippen molar-refractivity contribution in [3.63, 3.8) is 0 Å². The maximum Gasteiger partial charge on any atom is 0.101 e. The van der Waals surface area contributed by atoms with Crippen molar-refractivity contribution < 1.29 is 0 Å². The summed E-state index contributed by atoms with van der Waals surface area (Å²) in [5.41, 5.74) is 2.36. The number of hydrogen-bond donors (Lipinski definition) is 1. The van der Waals surface area contributed by atoms with Crippen molar-refractivity contribution in [3.05, 3.63) is 47.4 Å². The summed E-state index contributed by atoms with van der Waals surface area (Å²) >= 11 is 1.51. The summed E-state index contributed by atoms with van der Waals surface area (Å²) < 4.78 is 0. The summed E-state index contributed by atoms with van der Waals surface area (Å²) in [6.45, 7) is 0. The van der Waals surface area contributed by atoms with E-state index >= 15 is 0 Å². The summed E-state index contributed by atoms with van der Waals surface area (Å²) in [6, 6.07) is 15.9. The Kier molecular flexibility index (Phi) is 3.97. The summed E-state index contributed by atoms with van der Waals surface area (Å²) in [5.74, 6) is 0. The Morgan fingerprint density at radius 2 is 2.00 bits per heavy atom. The third kappa shape index (κ3) is 2.65. The number of allylic oxidation sites excluding steroid dienone is 2. The van der Waals surface area contributed by atoms with Crippen molar-refractivity contribution in [2.75, 3.05) is 12.4 Å². The molecule has 0 saturated heterocycles. The van der Waals surface area contributed by atoms with E-state index in [1.54, 1.807) is 0 Å². The molecule has 92 valence electrons. The van der Waals surface area contributed by atoms with Crippen LogP contribution in [0.5, 0.6) is 0 Å². The van der Waals surface area contributed by atoms with Crippen LogP contribution < -0.4 is 5.32 Å². The van der Waals surface area contributed by atoms with Crippen LogP contribution in [0.2, 0.25) is 0 Å². The zero-order valence-corrected chi connectivity index (χ0v) is 11.2. The summed E-state index contributed by atoms with van der Waals surface area (Å²) in [6.07, 6.45) is 1.28. The summed E-state index contributed by atoms with van der Waals surface area (Å²) in [7, 11) is 1.81. The van der Waals surface area contributed by atoms with Crippen molar-refractivity contribution in [2.45, 2.75) is 0 Å². The second-order valence-electron chi connectivity index (χ2n) is 3.77. The first kappa shape index (κ1) is 12.9. The number of rotatable bonds is 3. The van der Waals surface area contributed by atoms with E-state index in [1.807, 2.05) is 49.5 Å². The van der Waals surface area contributed by atoms with Gasteiger partial charge in [0, 0.05) is 18.0 Å². The molecule has 3 nitrogen and oxygen atoms in total. The smallest absolute Gasteiger partial charge is 0.101 e. The largest absolute Gasteiger partial charge is 0.387 e. The van der Waals surface area contributed by atoms with E-state index < -0.39 is 0 Å². The van der Waals surface area contributed by atoms with E-state index in [1.165, 1.54) is 17.4 Å². The van der Waals surface area contributed by atoms with Gasteiger partial charge in [-0.05, 0) is 11.6 Å². The van der Waals surface area contributed by atoms with Crippen LogP contribution in [0.3, 0.4) is 0 Å². The molecule has 0 aliphatic rings. The maximum atomic E-state index is 9.12. The first-order chi connectivity index (χ1) is 9.30. The highest BCUT2D eigenvalue weighted by molar-refractivity contribution is 7.17. The van der Waals surface area contributed by atoms with E-state index in [0.717, 1.165) is 21.0 Å². The van der Waals surface area contributed by atoms with Crippen molar-refractivity contribution in [1.29, 1.82) is 10.5 Å². The third-order valence-electron chi connectivity index (χ3n) is 2.63. The SMILES string of the molecule is CNc1cc(-c2ccccc2)sc1/C(C#N)=C/C#N. The molecule has 0 atom stereocenters. The number of anilines is 1. The average Bonchev–Trinajstić information content (AvgIpc) is 2.89. The molecule has 1 aromatic heterocycles. The Bertz CT molecular complexity index is 684. The zero-order chi connectivity index (χ0) is 13.7. The Labute approximate surface area is 116 Å². The van der Waals surface area contributed by atoms with E-state index in [0.29, 0.717) is 5.57 Å². The number of nitriles is 2. The summed E-state index contributed by atoms with van der Waals surface area (Å²) in [5, 5.41) is 20.9. The lowest BCUT2D eigenvalue weighted by molar-refractivity contribution is 1.50. The quantitative estimate of drug-likeness (QED) is 0.856. The van der Waals surface area contributed by atoms with Gasteiger partial charge in [0.05, 0.1) is 22.2 Å². The monoisotopic (exact) mass is 265 g/mol. The fourth-order valence-corrected chi connectivity index (χ4v) is 2.87. The van der Waals surface area contributed by atoms with Crippen molar-refractivity contribution in [1.82, 2.24) is 0 Å². The number of thiophene rings is 1. The molecular formula is C15H11N3S. The van der Waals surface area contributed by atoms with Gasteiger partial charge in [-0.15, -0.1) is 11.3 Å². The first-order valence-corrected chi connectivity index (χ1v) is 6.49. The van der Waals surface area contributed by atoms with Gasteiger partial charge in [0.25, 0.3) is 0 Å². The number of nitrogens with zero attached hydrogens (tertiary/aromatic N) is 2. The average molecular weight is 265 g/mol. The van der Waals surface area contributed by atoms with Gasteiger partial charge in [0.15, 0.2) is 0 Å². The topological polar surface area (TPSA) is 59.6 Å². The molecule has 1 aromatic carbocycles. The molecule has 4 heteroatoms. The lowest BCUT2D eigenvalue weighted by Crippen LogP contribution is -1.88. The molecule has 0 aliphatic heterocycles. The molecule has 19 heavy (non-hydrogen) atoms. The molecular weight excluding hydrogens is 254 g/mol. The highest BCUT2D eigenvalue weighted by Gasteiger charge is 2.13. The van der Waals surface area contributed by atoms with Crippen LogP contribution in [0.4, 0.5) is 5.69 Å². The molecule has 2 aromatic rings. The molecule has 0 radical (unpaired) electrons. The third-order valence-corrected chi connectivity index (χ3v) is 3.85. The fourth-order valence-electron chi connectivity index (χ4n) is 1.73. The van der Waals surface area contributed by atoms with Gasteiger partial charge in [-0.3, -0.25) is 0 Å². The fraction of sp³-hybridized carbons (Fsp3) is 0.0667. The Morgan fingerprint density at radius 1 is 1.26 bits per heavy atom. The standard InChI is InChI=1S/C15H11N3S/c1-18-13-9-14(11-5-3-2-4-6-11)19-15(13)12(10-17)7-8-16/h2-7,9,18H,1H3/b12-7+. The van der Waals surface area contributed by atoms with Gasteiger partial charge in [-0.2, -0.15) is 10.5 Å². The van der Waals surface area contributed by atoms with Gasteiger partial charge in [-0.1, -0.05) is 30.3 Å². The van der Waals surface area contributed by atoms with Crippen molar-refractivity contribution in [3.8, 4) is 22.6 Å². The number of benzene rings is 1. The van der Waals surface area contributed by atoms with Gasteiger partial charge in [0.2, 0.25) is 0 Å². The van der Waals surface area contributed by atoms with Crippen LogP contribution in [-0.2, 0) is 0 Å². The molecule has 1 heterocycles. The molecule has 0 unspecified atom stereocenters. The predicted molar refractivity (Wildman–Crippen MR) is 78.5 cm³/mol. The zero-order valence-electron chi connectivity index (χ0n) is 10.3. The minimum absolute atomic E-state index is 0.388. The normalized spacial score (nSPS) is 10.6. The Morgan fingerprint density at radius 3 is 2.58 bits per heavy atom. The maximum absolute atomic E-state index is 9.12. The van der Waals surface area contributed by atoms with E-state index in [-0.39, 0.29) is 0 Å². The minimum atomic E-state index is 0.388. The van der Waals surface area contributed by atoms with Gasteiger partial charge < -0.3 is 5.32 Å². The van der Waals surface area contributed by atoms with Crippen molar-refractivity contribution in [2.24, 2.45) is 0 Å². The minimum Gasteiger partial charge on any atom is -0.387 e. The lowest BCUT2D eigenvalue weighted by Gasteiger charge is -1.98. The van der Waals surface area contributed by atoms with E-state index in [9.17, 15) is 0 Å². The van der Waals surface area contributed by atoms with Crippen LogP contribution in [0, 0.1) is 22.7 Å². The lowest BCUT2D eigenvalue weighted by atomic mass is 10.1. The number of hydrogen-bond acceptors (Lipinski definition) is 4. The predicted octanol–water partition coefficient (Wildman–Crippen LogP) is 3.89. The van der Waals surface area contributed by atoms with Gasteiger partial charge >= 0.3 is 0 Å². The van der Waals surface area contributed by atoms with Crippen LogP contribution >= 0.6 is 11.3 Å². The van der Waals surface area contributed by atoms with E-state index in [2.05, 4.69) is 11.4 Å².